The van der Waals surface area contributed by atoms with Gasteiger partial charge in [-0.15, -0.1) is 0 Å². The lowest BCUT2D eigenvalue weighted by atomic mass is 9.94. The van der Waals surface area contributed by atoms with E-state index >= 15 is 0 Å². The van der Waals surface area contributed by atoms with Gasteiger partial charge in [-0.05, 0) is 42.9 Å². The fourth-order valence-electron chi connectivity index (χ4n) is 2.56. The van der Waals surface area contributed by atoms with Crippen molar-refractivity contribution in [3.8, 4) is 0 Å². The molecule has 0 radical (unpaired) electrons. The highest BCUT2D eigenvalue weighted by Crippen LogP contribution is 2.44. The van der Waals surface area contributed by atoms with Gasteiger partial charge in [-0.3, -0.25) is 0 Å². The van der Waals surface area contributed by atoms with Crippen LogP contribution in [0.3, 0.4) is 0 Å². The minimum Gasteiger partial charge on any atom is -0.201 e. The molecule has 1 aliphatic carbocycles. The molecule has 0 saturated heterocycles. The summed E-state index contributed by atoms with van der Waals surface area (Å²) < 4.78 is 27.6. The highest BCUT2D eigenvalue weighted by atomic mass is 19.3. The van der Waals surface area contributed by atoms with E-state index < -0.39 is 5.92 Å². The van der Waals surface area contributed by atoms with Crippen molar-refractivity contribution in [2.24, 2.45) is 0 Å². The highest BCUT2D eigenvalue weighted by molar-refractivity contribution is 5.46. The number of hydrogen-bond donors (Lipinski definition) is 0. The minimum absolute atomic E-state index is 0.00763. The average molecular weight is 224 g/mol. The zero-order valence-electron chi connectivity index (χ0n) is 9.95. The Kier molecular flexibility index (Phi) is 3.00. The fourth-order valence-corrected chi connectivity index (χ4v) is 2.56. The Labute approximate surface area is 95.7 Å². The standard InChI is InChI=1S/C14H18F2/c1-3-4-5-11-7-6-10(2)12-8-9-14(15,16)13(11)12/h6-7H,3-5,8-9H2,1-2H3. The first-order valence-corrected chi connectivity index (χ1v) is 6.06. The predicted octanol–water partition coefficient (Wildman–Crippen LogP) is 4.38. The van der Waals surface area contributed by atoms with Gasteiger partial charge < -0.3 is 0 Å². The SMILES string of the molecule is CCCCc1ccc(C)c2c1C(F)(F)CC2. The summed E-state index contributed by atoms with van der Waals surface area (Å²) in [6, 6.07) is 3.88. The number of aryl methyl sites for hydroxylation is 2. The van der Waals surface area contributed by atoms with Crippen LogP contribution in [0.4, 0.5) is 8.78 Å². The number of hydrogen-bond acceptors (Lipinski definition) is 0. The van der Waals surface area contributed by atoms with E-state index in [0.29, 0.717) is 12.0 Å². The molecule has 1 aromatic rings. The van der Waals surface area contributed by atoms with Crippen LogP contribution < -0.4 is 0 Å². The van der Waals surface area contributed by atoms with Crippen LogP contribution in [-0.4, -0.2) is 0 Å². The number of unbranched alkanes of at least 4 members (excludes halogenated alkanes) is 1. The molecule has 1 aromatic carbocycles. The minimum atomic E-state index is -2.59. The second-order valence-corrected chi connectivity index (χ2v) is 4.70. The third-order valence-electron chi connectivity index (χ3n) is 3.49. The zero-order valence-corrected chi connectivity index (χ0v) is 9.95. The lowest BCUT2D eigenvalue weighted by molar-refractivity contribution is -0.00265. The van der Waals surface area contributed by atoms with Gasteiger partial charge in [0.2, 0.25) is 0 Å². The number of alkyl halides is 2. The van der Waals surface area contributed by atoms with Crippen molar-refractivity contribution in [2.45, 2.75) is 51.9 Å². The molecule has 0 nitrogen and oxygen atoms in total. The highest BCUT2D eigenvalue weighted by Gasteiger charge is 2.41. The van der Waals surface area contributed by atoms with E-state index in [1.54, 1.807) is 0 Å². The Morgan fingerprint density at radius 2 is 2.06 bits per heavy atom. The normalized spacial score (nSPS) is 17.5. The van der Waals surface area contributed by atoms with Crippen LogP contribution in [0.1, 0.15) is 48.4 Å². The van der Waals surface area contributed by atoms with E-state index in [9.17, 15) is 8.78 Å². The molecule has 0 N–H and O–H groups in total. The summed E-state index contributed by atoms with van der Waals surface area (Å²) in [6.07, 6.45) is 3.36. The molecular formula is C14H18F2. The fraction of sp³-hybridized carbons (Fsp3) is 0.571. The molecule has 0 atom stereocenters. The van der Waals surface area contributed by atoms with E-state index in [1.165, 1.54) is 0 Å². The van der Waals surface area contributed by atoms with Gasteiger partial charge in [0, 0.05) is 12.0 Å². The number of rotatable bonds is 3. The van der Waals surface area contributed by atoms with Crippen molar-refractivity contribution in [1.82, 2.24) is 0 Å². The lowest BCUT2D eigenvalue weighted by Gasteiger charge is -2.16. The van der Waals surface area contributed by atoms with Gasteiger partial charge >= 0.3 is 0 Å². The third-order valence-corrected chi connectivity index (χ3v) is 3.49. The largest absolute Gasteiger partial charge is 0.274 e. The van der Waals surface area contributed by atoms with Gasteiger partial charge in [0.1, 0.15) is 0 Å². The van der Waals surface area contributed by atoms with Crippen molar-refractivity contribution < 1.29 is 8.78 Å². The van der Waals surface area contributed by atoms with E-state index in [-0.39, 0.29) is 6.42 Å². The van der Waals surface area contributed by atoms with E-state index in [4.69, 9.17) is 0 Å². The van der Waals surface area contributed by atoms with Gasteiger partial charge in [0.15, 0.2) is 0 Å². The molecule has 0 amide bonds. The van der Waals surface area contributed by atoms with Crippen LogP contribution in [0.15, 0.2) is 12.1 Å². The average Bonchev–Trinajstić information content (AvgIpc) is 2.56. The number of fused-ring (bicyclic) bond motifs is 1. The second kappa shape index (κ2) is 4.15. The Bertz CT molecular complexity index is 394. The van der Waals surface area contributed by atoms with Crippen LogP contribution in [0, 0.1) is 6.92 Å². The van der Waals surface area contributed by atoms with Crippen molar-refractivity contribution >= 4 is 0 Å². The second-order valence-electron chi connectivity index (χ2n) is 4.70. The Hall–Kier alpha value is -0.920. The van der Waals surface area contributed by atoms with Gasteiger partial charge in [-0.25, -0.2) is 8.78 Å². The van der Waals surface area contributed by atoms with Crippen molar-refractivity contribution in [3.05, 3.63) is 34.4 Å². The molecule has 16 heavy (non-hydrogen) atoms. The maximum Gasteiger partial charge on any atom is 0.274 e. The molecule has 0 aliphatic heterocycles. The summed E-state index contributed by atoms with van der Waals surface area (Å²) in [5.41, 5.74) is 3.14. The van der Waals surface area contributed by atoms with Crippen LogP contribution >= 0.6 is 0 Å². The van der Waals surface area contributed by atoms with Gasteiger partial charge in [0.25, 0.3) is 5.92 Å². The van der Waals surface area contributed by atoms with Gasteiger partial charge in [-0.2, -0.15) is 0 Å². The van der Waals surface area contributed by atoms with Gasteiger partial charge in [0.05, 0.1) is 0 Å². The Morgan fingerprint density at radius 1 is 1.31 bits per heavy atom. The van der Waals surface area contributed by atoms with E-state index in [0.717, 1.165) is 36.0 Å². The lowest BCUT2D eigenvalue weighted by Crippen LogP contribution is -2.11. The quantitative estimate of drug-likeness (QED) is 0.715. The third kappa shape index (κ3) is 1.85. The maximum absolute atomic E-state index is 13.8. The molecule has 1 aliphatic rings. The number of halogens is 2. The molecule has 0 bridgehead atoms. The van der Waals surface area contributed by atoms with Crippen molar-refractivity contribution in [1.29, 1.82) is 0 Å². The molecule has 0 spiro atoms. The molecule has 88 valence electrons. The van der Waals surface area contributed by atoms with E-state index in [2.05, 4.69) is 6.92 Å². The van der Waals surface area contributed by atoms with Gasteiger partial charge in [-0.1, -0.05) is 25.5 Å². The molecule has 0 saturated carbocycles. The predicted molar refractivity (Wildman–Crippen MR) is 62.0 cm³/mol. The van der Waals surface area contributed by atoms with Crippen LogP contribution in [0.25, 0.3) is 0 Å². The smallest absolute Gasteiger partial charge is 0.201 e. The molecule has 0 heterocycles. The number of benzene rings is 1. The molecular weight excluding hydrogens is 206 g/mol. The summed E-state index contributed by atoms with van der Waals surface area (Å²) in [7, 11) is 0. The topological polar surface area (TPSA) is 0 Å². The molecule has 0 unspecified atom stereocenters. The monoisotopic (exact) mass is 224 g/mol. The van der Waals surface area contributed by atoms with Crippen LogP contribution in [0.2, 0.25) is 0 Å². The van der Waals surface area contributed by atoms with Crippen LogP contribution in [0.5, 0.6) is 0 Å². The Balaban J connectivity index is 2.44. The first kappa shape index (κ1) is 11.6. The molecule has 0 fully saturated rings. The Morgan fingerprint density at radius 3 is 2.75 bits per heavy atom. The van der Waals surface area contributed by atoms with E-state index in [1.807, 2.05) is 19.1 Å². The maximum atomic E-state index is 13.8. The summed E-state index contributed by atoms with van der Waals surface area (Å²) in [4.78, 5) is 0. The van der Waals surface area contributed by atoms with Crippen molar-refractivity contribution in [2.75, 3.05) is 0 Å². The summed E-state index contributed by atoms with van der Waals surface area (Å²) in [5, 5.41) is 0. The van der Waals surface area contributed by atoms with Crippen molar-refractivity contribution in [3.63, 3.8) is 0 Å². The zero-order chi connectivity index (χ0) is 11.8. The first-order valence-electron chi connectivity index (χ1n) is 6.06. The first-order chi connectivity index (χ1) is 7.56. The summed E-state index contributed by atoms with van der Waals surface area (Å²) in [5.74, 6) is -2.59. The molecule has 0 aromatic heterocycles. The molecule has 2 heteroatoms. The van der Waals surface area contributed by atoms with Crippen LogP contribution in [-0.2, 0) is 18.8 Å². The molecule has 2 rings (SSSR count). The summed E-state index contributed by atoms with van der Waals surface area (Å²) >= 11 is 0. The summed E-state index contributed by atoms with van der Waals surface area (Å²) in [6.45, 7) is 4.02.